The number of carboxylic acids is 1. The number of nitrogens with zero attached hydrogens (tertiary/aromatic N) is 2. The van der Waals surface area contributed by atoms with Crippen molar-refractivity contribution in [3.8, 4) is 0 Å². The Morgan fingerprint density at radius 1 is 1.62 bits per heavy atom. The van der Waals surface area contributed by atoms with E-state index in [-0.39, 0.29) is 6.42 Å². The smallest absolute Gasteiger partial charge is 0.320 e. The van der Waals surface area contributed by atoms with E-state index in [1.807, 2.05) is 6.92 Å². The molecule has 0 saturated heterocycles. The quantitative estimate of drug-likeness (QED) is 0.670. The fourth-order valence-electron chi connectivity index (χ4n) is 0.809. The van der Waals surface area contributed by atoms with Gasteiger partial charge in [-0.1, -0.05) is 0 Å². The van der Waals surface area contributed by atoms with Crippen LogP contribution in [0.2, 0.25) is 0 Å². The molecule has 0 saturated carbocycles. The highest BCUT2D eigenvalue weighted by atomic mass is 16.4. The Morgan fingerprint density at radius 3 is 2.62 bits per heavy atom. The van der Waals surface area contributed by atoms with E-state index in [0.717, 1.165) is 5.56 Å². The highest BCUT2D eigenvalue weighted by Crippen LogP contribution is 1.96. The fourth-order valence-corrected chi connectivity index (χ4v) is 0.809. The standard InChI is InChI=1S/C8H11N3O2/c1-5-3-10-7(11-4-5)2-6(9)8(12)13/h3-4,6H,2,9H2,1H3,(H,12,13). The first kappa shape index (κ1) is 9.60. The van der Waals surface area contributed by atoms with Crippen LogP contribution in [0, 0.1) is 6.92 Å². The van der Waals surface area contributed by atoms with Crippen molar-refractivity contribution in [1.29, 1.82) is 0 Å². The van der Waals surface area contributed by atoms with Crippen molar-refractivity contribution in [3.05, 3.63) is 23.8 Å². The molecule has 3 N–H and O–H groups in total. The number of rotatable bonds is 3. The second kappa shape index (κ2) is 3.95. The van der Waals surface area contributed by atoms with Crippen molar-refractivity contribution >= 4 is 5.97 Å². The van der Waals surface area contributed by atoms with Gasteiger partial charge in [0.15, 0.2) is 0 Å². The molecule has 1 heterocycles. The lowest BCUT2D eigenvalue weighted by atomic mass is 10.2. The lowest BCUT2D eigenvalue weighted by Gasteiger charge is -2.04. The Hall–Kier alpha value is -1.49. The molecule has 1 unspecified atom stereocenters. The first-order valence-electron chi connectivity index (χ1n) is 3.85. The third kappa shape index (κ3) is 2.79. The highest BCUT2D eigenvalue weighted by Gasteiger charge is 2.13. The summed E-state index contributed by atoms with van der Waals surface area (Å²) in [7, 11) is 0. The SMILES string of the molecule is Cc1cnc(CC(N)C(=O)O)nc1. The zero-order valence-corrected chi connectivity index (χ0v) is 7.27. The van der Waals surface area contributed by atoms with Crippen LogP contribution < -0.4 is 5.73 Å². The molecule has 5 nitrogen and oxygen atoms in total. The van der Waals surface area contributed by atoms with Crippen molar-refractivity contribution in [3.63, 3.8) is 0 Å². The van der Waals surface area contributed by atoms with Crippen LogP contribution in [0.25, 0.3) is 0 Å². The fraction of sp³-hybridized carbons (Fsp3) is 0.375. The van der Waals surface area contributed by atoms with Crippen LogP contribution in [-0.4, -0.2) is 27.1 Å². The van der Waals surface area contributed by atoms with Gasteiger partial charge in [0.1, 0.15) is 11.9 Å². The average molecular weight is 181 g/mol. The summed E-state index contributed by atoms with van der Waals surface area (Å²) in [6.45, 7) is 1.86. The number of hydrogen-bond acceptors (Lipinski definition) is 4. The summed E-state index contributed by atoms with van der Waals surface area (Å²) >= 11 is 0. The van der Waals surface area contributed by atoms with E-state index >= 15 is 0 Å². The Kier molecular flexibility index (Phi) is 2.92. The zero-order chi connectivity index (χ0) is 9.84. The molecule has 1 aromatic rings. The Morgan fingerprint density at radius 2 is 2.15 bits per heavy atom. The van der Waals surface area contributed by atoms with Gasteiger partial charge in [0.2, 0.25) is 0 Å². The van der Waals surface area contributed by atoms with E-state index in [4.69, 9.17) is 10.8 Å². The number of aryl methyl sites for hydroxylation is 1. The largest absolute Gasteiger partial charge is 0.480 e. The average Bonchev–Trinajstić information content (AvgIpc) is 2.08. The van der Waals surface area contributed by atoms with Crippen LogP contribution in [0.3, 0.4) is 0 Å². The minimum absolute atomic E-state index is 0.162. The highest BCUT2D eigenvalue weighted by molar-refractivity contribution is 5.73. The van der Waals surface area contributed by atoms with Crippen molar-refractivity contribution in [2.45, 2.75) is 19.4 Å². The summed E-state index contributed by atoms with van der Waals surface area (Å²) in [4.78, 5) is 18.3. The molecule has 0 amide bonds. The molecule has 1 rings (SSSR count). The first-order chi connectivity index (χ1) is 6.09. The van der Waals surface area contributed by atoms with E-state index in [1.54, 1.807) is 12.4 Å². The third-order valence-electron chi connectivity index (χ3n) is 1.55. The second-order valence-corrected chi connectivity index (χ2v) is 2.83. The Labute approximate surface area is 75.6 Å². The maximum Gasteiger partial charge on any atom is 0.320 e. The van der Waals surface area contributed by atoms with Crippen molar-refractivity contribution in [1.82, 2.24) is 9.97 Å². The Balaban J connectivity index is 2.64. The van der Waals surface area contributed by atoms with Gasteiger partial charge in [-0.15, -0.1) is 0 Å². The number of hydrogen-bond donors (Lipinski definition) is 2. The van der Waals surface area contributed by atoms with E-state index in [1.165, 1.54) is 0 Å². The van der Waals surface area contributed by atoms with Gasteiger partial charge in [-0.05, 0) is 12.5 Å². The van der Waals surface area contributed by atoms with Gasteiger partial charge in [-0.2, -0.15) is 0 Å². The molecular weight excluding hydrogens is 170 g/mol. The molecule has 0 bridgehead atoms. The van der Waals surface area contributed by atoms with Crippen molar-refractivity contribution in [2.75, 3.05) is 0 Å². The zero-order valence-electron chi connectivity index (χ0n) is 7.27. The van der Waals surface area contributed by atoms with Gasteiger partial charge < -0.3 is 10.8 Å². The number of nitrogens with two attached hydrogens (primary N) is 1. The normalized spacial score (nSPS) is 12.5. The van der Waals surface area contributed by atoms with Crippen LogP contribution in [0.5, 0.6) is 0 Å². The summed E-state index contributed by atoms with van der Waals surface area (Å²) in [6, 6.07) is -0.928. The summed E-state index contributed by atoms with van der Waals surface area (Å²) in [5, 5.41) is 8.52. The Bertz CT molecular complexity index is 297. The van der Waals surface area contributed by atoms with Gasteiger partial charge in [0.25, 0.3) is 0 Å². The molecule has 0 aromatic carbocycles. The van der Waals surface area contributed by atoms with Crippen LogP contribution in [0.4, 0.5) is 0 Å². The second-order valence-electron chi connectivity index (χ2n) is 2.83. The summed E-state index contributed by atoms with van der Waals surface area (Å²) < 4.78 is 0. The van der Waals surface area contributed by atoms with Crippen LogP contribution in [0.15, 0.2) is 12.4 Å². The lowest BCUT2D eigenvalue weighted by molar-refractivity contribution is -0.138. The molecule has 0 aliphatic carbocycles. The van der Waals surface area contributed by atoms with Crippen LogP contribution >= 0.6 is 0 Å². The van der Waals surface area contributed by atoms with Gasteiger partial charge >= 0.3 is 5.97 Å². The number of aliphatic carboxylic acids is 1. The van der Waals surface area contributed by atoms with Crippen LogP contribution in [-0.2, 0) is 11.2 Å². The molecule has 70 valence electrons. The van der Waals surface area contributed by atoms with Gasteiger partial charge in [0.05, 0.1) is 0 Å². The summed E-state index contributed by atoms with van der Waals surface area (Å²) in [6.07, 6.45) is 3.43. The molecule has 0 fully saturated rings. The molecule has 1 aromatic heterocycles. The molecular formula is C8H11N3O2. The minimum Gasteiger partial charge on any atom is -0.480 e. The molecule has 0 radical (unpaired) electrons. The molecule has 1 atom stereocenters. The topological polar surface area (TPSA) is 89.1 Å². The predicted octanol–water partition coefficient (Wildman–Crippen LogP) is -0.261. The molecule has 0 aliphatic rings. The molecule has 13 heavy (non-hydrogen) atoms. The van der Waals surface area contributed by atoms with Gasteiger partial charge in [-0.3, -0.25) is 4.79 Å². The number of carbonyl (C=O) groups is 1. The monoisotopic (exact) mass is 181 g/mol. The van der Waals surface area contributed by atoms with Gasteiger partial charge in [-0.25, -0.2) is 9.97 Å². The van der Waals surface area contributed by atoms with E-state index < -0.39 is 12.0 Å². The number of aromatic nitrogens is 2. The van der Waals surface area contributed by atoms with Crippen LogP contribution in [0.1, 0.15) is 11.4 Å². The van der Waals surface area contributed by atoms with E-state index in [2.05, 4.69) is 9.97 Å². The minimum atomic E-state index is -1.04. The van der Waals surface area contributed by atoms with Gasteiger partial charge in [0, 0.05) is 18.8 Å². The van der Waals surface area contributed by atoms with E-state index in [0.29, 0.717) is 5.82 Å². The van der Waals surface area contributed by atoms with E-state index in [9.17, 15) is 4.79 Å². The molecule has 0 aliphatic heterocycles. The lowest BCUT2D eigenvalue weighted by Crippen LogP contribution is -2.32. The van der Waals surface area contributed by atoms with Crippen molar-refractivity contribution in [2.24, 2.45) is 5.73 Å². The maximum atomic E-state index is 10.4. The third-order valence-corrected chi connectivity index (χ3v) is 1.55. The van der Waals surface area contributed by atoms with Crippen molar-refractivity contribution < 1.29 is 9.90 Å². The summed E-state index contributed by atoms with van der Waals surface area (Å²) in [5.74, 6) is -0.579. The predicted molar refractivity (Wildman–Crippen MR) is 46.1 cm³/mol. The maximum absolute atomic E-state index is 10.4. The number of carboxylic acid groups (broad SMARTS) is 1. The molecule has 5 heteroatoms. The summed E-state index contributed by atoms with van der Waals surface area (Å²) in [5.41, 5.74) is 6.24. The molecule has 0 spiro atoms. The first-order valence-corrected chi connectivity index (χ1v) is 3.85.